The van der Waals surface area contributed by atoms with E-state index in [0.717, 1.165) is 31.6 Å². The van der Waals surface area contributed by atoms with E-state index in [1.54, 1.807) is 4.57 Å². The molecule has 13 heteroatoms. The quantitative estimate of drug-likeness (QED) is 0.295. The zero-order valence-corrected chi connectivity index (χ0v) is 20.2. The molecule has 3 heterocycles. The number of ether oxygens (including phenoxy) is 4. The van der Waals surface area contributed by atoms with Crippen molar-refractivity contribution in [3.8, 4) is 23.3 Å². The largest absolute Gasteiger partial charge is 0.573 e. The molecule has 0 bridgehead atoms. The summed E-state index contributed by atoms with van der Waals surface area (Å²) < 4.78 is 60.0. The highest BCUT2D eigenvalue weighted by Gasteiger charge is 2.31. The Balaban J connectivity index is 1.06. The molecular formula is C25H25F3N4O6. The number of alkyl halides is 3. The molecule has 1 aromatic heterocycles. The average molecular weight is 534 g/mol. The van der Waals surface area contributed by atoms with Gasteiger partial charge >= 0.3 is 18.2 Å². The number of rotatable bonds is 8. The number of aryl methyl sites for hydroxylation is 1. The van der Waals surface area contributed by atoms with Crippen molar-refractivity contribution in [2.45, 2.75) is 44.4 Å². The normalized spacial score (nSPS) is 17.9. The van der Waals surface area contributed by atoms with Crippen molar-refractivity contribution >= 4 is 11.5 Å². The molecule has 2 aromatic carbocycles. The zero-order chi connectivity index (χ0) is 26.7. The number of hydrogen-bond acceptors (Lipinski definition) is 8. The molecule has 1 fully saturated rings. The Bertz CT molecular complexity index is 1240. The second kappa shape index (κ2) is 10.7. The number of halogens is 3. The number of hydrogen-bond donors (Lipinski definition) is 0. The van der Waals surface area contributed by atoms with Crippen molar-refractivity contribution in [2.75, 3.05) is 24.6 Å². The van der Waals surface area contributed by atoms with Crippen molar-refractivity contribution in [1.29, 1.82) is 0 Å². The lowest BCUT2D eigenvalue weighted by molar-refractivity contribution is -0.389. The minimum Gasteiger partial charge on any atom is -0.490 e. The molecule has 1 saturated heterocycles. The SMILES string of the molecule is O=[N+]([O-])c1cn2c(n1)O[C@@H](COc1ccc(N3CCC(Oc4ccc(OC(F)(F)F)cc4)CC3)cc1)CC2. The monoisotopic (exact) mass is 534 g/mol. The van der Waals surface area contributed by atoms with Crippen LogP contribution in [0.3, 0.4) is 0 Å². The molecule has 0 unspecified atom stereocenters. The predicted molar refractivity (Wildman–Crippen MR) is 129 cm³/mol. The van der Waals surface area contributed by atoms with Crippen LogP contribution in [-0.2, 0) is 6.54 Å². The highest BCUT2D eigenvalue weighted by atomic mass is 19.4. The maximum absolute atomic E-state index is 12.3. The van der Waals surface area contributed by atoms with Crippen LogP contribution in [0.25, 0.3) is 0 Å². The maximum Gasteiger partial charge on any atom is 0.573 e. The van der Waals surface area contributed by atoms with Crippen molar-refractivity contribution in [1.82, 2.24) is 9.55 Å². The first-order valence-electron chi connectivity index (χ1n) is 12.1. The third-order valence-corrected chi connectivity index (χ3v) is 6.32. The van der Waals surface area contributed by atoms with E-state index in [-0.39, 0.29) is 29.8 Å². The van der Waals surface area contributed by atoms with Gasteiger partial charge in [-0.25, -0.2) is 0 Å². The summed E-state index contributed by atoms with van der Waals surface area (Å²) in [6.07, 6.45) is -1.44. The Morgan fingerprint density at radius 3 is 2.29 bits per heavy atom. The van der Waals surface area contributed by atoms with Gasteiger partial charge in [-0.3, -0.25) is 4.57 Å². The fourth-order valence-corrected chi connectivity index (χ4v) is 4.42. The lowest BCUT2D eigenvalue weighted by atomic mass is 10.1. The highest BCUT2D eigenvalue weighted by molar-refractivity contribution is 5.49. The van der Waals surface area contributed by atoms with E-state index in [1.165, 1.54) is 30.5 Å². The lowest BCUT2D eigenvalue weighted by Crippen LogP contribution is -2.38. The van der Waals surface area contributed by atoms with Crippen molar-refractivity contribution < 1.29 is 37.0 Å². The Morgan fingerprint density at radius 1 is 0.974 bits per heavy atom. The van der Waals surface area contributed by atoms with Gasteiger partial charge < -0.3 is 34.0 Å². The van der Waals surface area contributed by atoms with Crippen molar-refractivity contribution in [3.63, 3.8) is 0 Å². The van der Waals surface area contributed by atoms with E-state index >= 15 is 0 Å². The van der Waals surface area contributed by atoms with Crippen LogP contribution in [0.1, 0.15) is 19.3 Å². The number of piperidine rings is 1. The molecule has 0 amide bonds. The summed E-state index contributed by atoms with van der Waals surface area (Å²) in [6.45, 7) is 2.41. The van der Waals surface area contributed by atoms with Gasteiger partial charge in [-0.05, 0) is 53.5 Å². The predicted octanol–water partition coefficient (Wildman–Crippen LogP) is 4.97. The first-order valence-corrected chi connectivity index (χ1v) is 12.1. The van der Waals surface area contributed by atoms with E-state index < -0.39 is 11.3 Å². The number of imidazole rings is 1. The van der Waals surface area contributed by atoms with E-state index in [2.05, 4.69) is 14.6 Å². The second-order valence-electron chi connectivity index (χ2n) is 8.99. The third kappa shape index (κ3) is 6.39. The minimum atomic E-state index is -4.72. The number of nitrogens with zero attached hydrogens (tertiary/aromatic N) is 4. The molecule has 0 saturated carbocycles. The van der Waals surface area contributed by atoms with Gasteiger partial charge in [0.25, 0.3) is 0 Å². The Kier molecular flexibility index (Phi) is 7.16. The molecule has 2 aliphatic heterocycles. The summed E-state index contributed by atoms with van der Waals surface area (Å²) in [5, 5.41) is 10.9. The number of benzene rings is 2. The number of fused-ring (bicyclic) bond motifs is 1. The first kappa shape index (κ1) is 25.5. The number of aromatic nitrogens is 2. The number of anilines is 1. The molecule has 1 atom stereocenters. The summed E-state index contributed by atoms with van der Waals surface area (Å²) >= 11 is 0. The highest BCUT2D eigenvalue weighted by Crippen LogP contribution is 2.29. The van der Waals surface area contributed by atoms with E-state index in [0.29, 0.717) is 31.1 Å². The molecule has 10 nitrogen and oxygen atoms in total. The van der Waals surface area contributed by atoms with Gasteiger partial charge in [0, 0.05) is 49.6 Å². The zero-order valence-electron chi connectivity index (χ0n) is 20.2. The summed E-state index contributed by atoms with van der Waals surface area (Å²) in [6, 6.07) is 13.4. The number of nitro groups is 1. The van der Waals surface area contributed by atoms with Crippen LogP contribution >= 0.6 is 0 Å². The fraction of sp³-hybridized carbons (Fsp3) is 0.400. The molecule has 0 radical (unpaired) electrons. The van der Waals surface area contributed by atoms with Gasteiger partial charge in [-0.2, -0.15) is 0 Å². The summed E-state index contributed by atoms with van der Waals surface area (Å²) in [7, 11) is 0. The van der Waals surface area contributed by atoms with E-state index in [4.69, 9.17) is 14.2 Å². The second-order valence-corrected chi connectivity index (χ2v) is 8.99. The van der Waals surface area contributed by atoms with Crippen LogP contribution < -0.4 is 23.8 Å². The molecule has 0 aliphatic carbocycles. The molecule has 2 aliphatic rings. The lowest BCUT2D eigenvalue weighted by Gasteiger charge is -2.33. The van der Waals surface area contributed by atoms with Crippen LogP contribution in [0.15, 0.2) is 54.7 Å². The molecule has 0 N–H and O–H groups in total. The smallest absolute Gasteiger partial charge is 0.490 e. The van der Waals surface area contributed by atoms with Crippen LogP contribution in [0.5, 0.6) is 23.3 Å². The average Bonchev–Trinajstić information content (AvgIpc) is 3.33. The fourth-order valence-electron chi connectivity index (χ4n) is 4.42. The van der Waals surface area contributed by atoms with Gasteiger partial charge in [0.05, 0.1) is 0 Å². The Morgan fingerprint density at radius 2 is 1.63 bits per heavy atom. The molecular weight excluding hydrogens is 509 g/mol. The van der Waals surface area contributed by atoms with Crippen LogP contribution in [0.2, 0.25) is 0 Å². The van der Waals surface area contributed by atoms with Crippen LogP contribution in [0, 0.1) is 10.1 Å². The minimum absolute atomic E-state index is 0.0317. The molecule has 38 heavy (non-hydrogen) atoms. The summed E-state index contributed by atoms with van der Waals surface area (Å²) in [4.78, 5) is 16.5. The third-order valence-electron chi connectivity index (χ3n) is 6.32. The maximum atomic E-state index is 12.3. The Labute approximate surface area is 215 Å². The van der Waals surface area contributed by atoms with Gasteiger partial charge in [-0.1, -0.05) is 0 Å². The van der Waals surface area contributed by atoms with E-state index in [9.17, 15) is 23.3 Å². The molecule has 3 aromatic rings. The molecule has 0 spiro atoms. The van der Waals surface area contributed by atoms with Crippen LogP contribution in [0.4, 0.5) is 24.7 Å². The molecule has 202 valence electrons. The Hall–Kier alpha value is -4.16. The standard InChI is InChI=1S/C25H25F3N4O6/c26-25(27,28)38-21-7-5-19(6-8-21)36-20-9-12-30(13-10-20)17-1-3-18(4-2-17)35-16-22-11-14-31-15-23(32(33)34)29-24(31)37-22/h1-8,15,20,22H,9-14,16H2/t22-/m1/s1. The van der Waals surface area contributed by atoms with Crippen molar-refractivity contribution in [2.24, 2.45) is 0 Å². The van der Waals surface area contributed by atoms with Gasteiger partial charge in [-0.15, -0.1) is 13.2 Å². The van der Waals surface area contributed by atoms with Crippen molar-refractivity contribution in [3.05, 3.63) is 64.8 Å². The summed E-state index contributed by atoms with van der Waals surface area (Å²) in [5.74, 6) is 0.676. The first-order chi connectivity index (χ1) is 18.2. The van der Waals surface area contributed by atoms with Gasteiger partial charge in [0.2, 0.25) is 0 Å². The molecule has 5 rings (SSSR count). The van der Waals surface area contributed by atoms with E-state index in [1.807, 2.05) is 24.3 Å². The van der Waals surface area contributed by atoms with Gasteiger partial charge in [0.1, 0.15) is 42.3 Å². The summed E-state index contributed by atoms with van der Waals surface area (Å²) in [5.41, 5.74) is 1.05. The van der Waals surface area contributed by atoms with Crippen LogP contribution in [-0.4, -0.2) is 52.7 Å². The van der Waals surface area contributed by atoms with Gasteiger partial charge in [0.15, 0.2) is 0 Å². The topological polar surface area (TPSA) is 101 Å².